The molecule has 2 aromatic rings. The van der Waals surface area contributed by atoms with Gasteiger partial charge >= 0.3 is 5.97 Å². The molecule has 0 atom stereocenters. The fourth-order valence-corrected chi connectivity index (χ4v) is 3.31. The highest BCUT2D eigenvalue weighted by atomic mass is 35.5. The fraction of sp³-hybridized carbons (Fsp3) is 0.300. The number of carboxylic acids is 1. The van der Waals surface area contributed by atoms with Gasteiger partial charge in [-0.25, -0.2) is 0 Å². The van der Waals surface area contributed by atoms with E-state index in [2.05, 4.69) is 10.5 Å². The zero-order chi connectivity index (χ0) is 22.1. The van der Waals surface area contributed by atoms with E-state index in [1.165, 1.54) is 4.90 Å². The summed E-state index contributed by atoms with van der Waals surface area (Å²) in [6.07, 6.45) is 0.0243. The van der Waals surface area contributed by atoms with Gasteiger partial charge < -0.3 is 25.0 Å². The number of hydrogen-bond acceptors (Lipinski definition) is 6. The molecule has 0 saturated carbocycles. The number of nitrogens with one attached hydrogen (secondary N) is 1. The molecule has 0 radical (unpaired) electrons. The van der Waals surface area contributed by atoms with Crippen LogP contribution in [0.1, 0.15) is 26.0 Å². The van der Waals surface area contributed by atoms with E-state index < -0.39 is 35.4 Å². The molecule has 0 fully saturated rings. The third kappa shape index (κ3) is 4.46. The summed E-state index contributed by atoms with van der Waals surface area (Å²) in [5, 5.41) is 25.7. The molecule has 3 rings (SSSR count). The van der Waals surface area contributed by atoms with Gasteiger partial charge in [-0.3, -0.25) is 14.4 Å². The molecule has 0 bridgehead atoms. The van der Waals surface area contributed by atoms with Gasteiger partial charge in [-0.05, 0) is 38.1 Å². The minimum Gasteiger partial charge on any atom is -0.511 e. The second-order valence-electron chi connectivity index (χ2n) is 7.47. The molecule has 10 heteroatoms. The lowest BCUT2D eigenvalue weighted by Crippen LogP contribution is -2.53. The Morgan fingerprint density at radius 1 is 1.30 bits per heavy atom. The minimum atomic E-state index is -1.26. The van der Waals surface area contributed by atoms with Gasteiger partial charge in [-0.2, -0.15) is 0 Å². The van der Waals surface area contributed by atoms with E-state index in [0.29, 0.717) is 16.5 Å². The number of aliphatic hydroxyl groups excluding tert-OH is 1. The van der Waals surface area contributed by atoms with Crippen molar-refractivity contribution in [1.29, 1.82) is 0 Å². The van der Waals surface area contributed by atoms with Crippen LogP contribution in [-0.4, -0.2) is 50.1 Å². The number of aliphatic hydroxyl groups is 1. The molecule has 1 aliphatic rings. The summed E-state index contributed by atoms with van der Waals surface area (Å²) in [7, 11) is 0. The Balaban J connectivity index is 1.83. The van der Waals surface area contributed by atoms with Crippen LogP contribution in [0.4, 0.5) is 0 Å². The summed E-state index contributed by atoms with van der Waals surface area (Å²) >= 11 is 5.89. The van der Waals surface area contributed by atoms with Crippen LogP contribution in [0.3, 0.4) is 0 Å². The smallest absolute Gasteiger partial charge is 0.322 e. The lowest BCUT2D eigenvalue weighted by molar-refractivity contribution is -0.140. The lowest BCUT2D eigenvalue weighted by atomic mass is 9.89. The van der Waals surface area contributed by atoms with Crippen LogP contribution in [0.5, 0.6) is 0 Å². The first kappa shape index (κ1) is 21.4. The van der Waals surface area contributed by atoms with Crippen LogP contribution < -0.4 is 5.32 Å². The van der Waals surface area contributed by atoms with Crippen LogP contribution >= 0.6 is 11.6 Å². The topological polar surface area (TPSA) is 133 Å². The predicted octanol–water partition coefficient (Wildman–Crippen LogP) is 2.52. The first-order valence-corrected chi connectivity index (χ1v) is 9.42. The van der Waals surface area contributed by atoms with Crippen LogP contribution in [0.15, 0.2) is 46.2 Å². The van der Waals surface area contributed by atoms with Crippen molar-refractivity contribution in [2.75, 3.05) is 6.54 Å². The number of carboxylic acid groups (broad SMARTS) is 1. The van der Waals surface area contributed by atoms with Gasteiger partial charge in [0.15, 0.2) is 5.76 Å². The van der Waals surface area contributed by atoms with Crippen molar-refractivity contribution in [3.05, 3.63) is 52.4 Å². The van der Waals surface area contributed by atoms with E-state index in [1.54, 1.807) is 44.2 Å². The molecule has 3 N–H and O–H groups in total. The van der Waals surface area contributed by atoms with Crippen molar-refractivity contribution in [3.63, 3.8) is 0 Å². The molecule has 9 nitrogen and oxygen atoms in total. The molecule has 2 amide bonds. The third-order valence-electron chi connectivity index (χ3n) is 4.71. The molecule has 158 valence electrons. The highest BCUT2D eigenvalue weighted by molar-refractivity contribution is 6.30. The molecular formula is C20H20ClN3O6. The number of benzene rings is 1. The lowest BCUT2D eigenvalue weighted by Gasteiger charge is -2.41. The number of nitrogens with zero attached hydrogens (tertiary/aromatic N) is 2. The van der Waals surface area contributed by atoms with Gasteiger partial charge in [0.05, 0.1) is 6.54 Å². The zero-order valence-corrected chi connectivity index (χ0v) is 17.1. The molecule has 0 saturated heterocycles. The maximum Gasteiger partial charge on any atom is 0.322 e. The second-order valence-corrected chi connectivity index (χ2v) is 7.90. The van der Waals surface area contributed by atoms with Crippen molar-refractivity contribution in [1.82, 2.24) is 15.4 Å². The molecule has 30 heavy (non-hydrogen) atoms. The summed E-state index contributed by atoms with van der Waals surface area (Å²) in [5.41, 5.74) is -0.0735. The summed E-state index contributed by atoms with van der Waals surface area (Å²) < 4.78 is 5.36. The Morgan fingerprint density at radius 3 is 2.60 bits per heavy atom. The van der Waals surface area contributed by atoms with E-state index in [4.69, 9.17) is 21.2 Å². The number of aromatic nitrogens is 1. The minimum absolute atomic E-state index is 0.0243. The Labute approximate surface area is 176 Å². The molecule has 1 aromatic heterocycles. The first-order chi connectivity index (χ1) is 14.1. The number of aliphatic carboxylic acids is 1. The highest BCUT2D eigenvalue weighted by Gasteiger charge is 2.42. The molecule has 0 spiro atoms. The Morgan fingerprint density at radius 2 is 1.97 bits per heavy atom. The third-order valence-corrected chi connectivity index (χ3v) is 4.97. The number of halogens is 1. The monoisotopic (exact) mass is 433 g/mol. The Hall–Kier alpha value is -3.33. The number of carbonyl (C=O) groups is 3. The van der Waals surface area contributed by atoms with Gasteiger partial charge in [-0.1, -0.05) is 16.8 Å². The maximum atomic E-state index is 13.0. The number of carbonyl (C=O) groups excluding carboxylic acids is 2. The van der Waals surface area contributed by atoms with Gasteiger partial charge in [0.25, 0.3) is 11.8 Å². The number of amides is 2. The van der Waals surface area contributed by atoms with Gasteiger partial charge in [0, 0.05) is 28.6 Å². The van der Waals surface area contributed by atoms with Crippen LogP contribution in [0.2, 0.25) is 5.02 Å². The van der Waals surface area contributed by atoms with E-state index in [1.807, 2.05) is 0 Å². The summed E-state index contributed by atoms with van der Waals surface area (Å²) in [5.74, 6) is -2.82. The van der Waals surface area contributed by atoms with Gasteiger partial charge in [0.2, 0.25) is 0 Å². The number of hydrogen-bond donors (Lipinski definition) is 3. The molecule has 1 aliphatic heterocycles. The normalized spacial score (nSPS) is 16.0. The van der Waals surface area contributed by atoms with E-state index in [9.17, 15) is 19.5 Å². The van der Waals surface area contributed by atoms with E-state index in [0.717, 1.165) is 5.56 Å². The molecule has 2 heterocycles. The van der Waals surface area contributed by atoms with Crippen molar-refractivity contribution in [3.8, 4) is 11.3 Å². The average molecular weight is 434 g/mol. The van der Waals surface area contributed by atoms with E-state index >= 15 is 0 Å². The standard InChI is InChI=1S/C20H20ClN3O6/c1-20(2)8-14(25)17(18(28)22-9-16(26)27)19(29)24(20)10-13-7-15(30-23-13)11-3-5-12(21)6-4-11/h3-7,25H,8-10H2,1-2H3,(H,22,28)(H,26,27). The van der Waals surface area contributed by atoms with Crippen molar-refractivity contribution < 1.29 is 29.1 Å². The largest absolute Gasteiger partial charge is 0.511 e. The average Bonchev–Trinajstić information content (AvgIpc) is 3.12. The van der Waals surface area contributed by atoms with Crippen molar-refractivity contribution >= 4 is 29.4 Å². The summed E-state index contributed by atoms with van der Waals surface area (Å²) in [6, 6.07) is 8.65. The molecule has 0 unspecified atom stereocenters. The van der Waals surface area contributed by atoms with Crippen molar-refractivity contribution in [2.24, 2.45) is 0 Å². The number of rotatable bonds is 6. The molecule has 0 aliphatic carbocycles. The van der Waals surface area contributed by atoms with Crippen LogP contribution in [0, 0.1) is 0 Å². The molecule has 1 aromatic carbocycles. The van der Waals surface area contributed by atoms with Gasteiger partial charge in [-0.15, -0.1) is 0 Å². The maximum absolute atomic E-state index is 13.0. The Bertz CT molecular complexity index is 1030. The van der Waals surface area contributed by atoms with Gasteiger partial charge in [0.1, 0.15) is 23.6 Å². The molecular weight excluding hydrogens is 414 g/mol. The second kappa shape index (κ2) is 8.19. The zero-order valence-electron chi connectivity index (χ0n) is 16.3. The summed E-state index contributed by atoms with van der Waals surface area (Å²) in [4.78, 5) is 37.3. The van der Waals surface area contributed by atoms with Crippen molar-refractivity contribution in [2.45, 2.75) is 32.4 Å². The quantitative estimate of drug-likeness (QED) is 0.596. The SMILES string of the molecule is CC1(C)CC(O)=C(C(=O)NCC(=O)O)C(=O)N1Cc1cc(-c2ccc(Cl)cc2)on1. The predicted molar refractivity (Wildman–Crippen MR) is 106 cm³/mol. The highest BCUT2D eigenvalue weighted by Crippen LogP contribution is 2.33. The Kier molecular flexibility index (Phi) is 5.84. The summed E-state index contributed by atoms with van der Waals surface area (Å²) in [6.45, 7) is 2.85. The van der Waals surface area contributed by atoms with Crippen LogP contribution in [-0.2, 0) is 20.9 Å². The van der Waals surface area contributed by atoms with Crippen LogP contribution in [0.25, 0.3) is 11.3 Å². The first-order valence-electron chi connectivity index (χ1n) is 9.04. The van der Waals surface area contributed by atoms with E-state index in [-0.39, 0.29) is 18.7 Å². The fourth-order valence-electron chi connectivity index (χ4n) is 3.18.